The number of hydrogen-bond acceptors (Lipinski definition) is 2. The molecular formula is C18H26Cl2N2O. The lowest BCUT2D eigenvalue weighted by Gasteiger charge is -2.31. The number of nitrogens with one attached hydrogen (secondary N) is 2. The van der Waals surface area contributed by atoms with Crippen LogP contribution >= 0.6 is 24.0 Å². The number of halogens is 2. The smallest absolute Gasteiger partial charge is 0.220 e. The first kappa shape index (κ1) is 18.6. The molecule has 128 valence electrons. The van der Waals surface area contributed by atoms with Crippen molar-refractivity contribution in [3.05, 3.63) is 34.9 Å². The third kappa shape index (κ3) is 4.62. The van der Waals surface area contributed by atoms with Crippen LogP contribution < -0.4 is 10.6 Å². The van der Waals surface area contributed by atoms with Crippen LogP contribution in [0.4, 0.5) is 0 Å². The summed E-state index contributed by atoms with van der Waals surface area (Å²) in [7, 11) is 0. The van der Waals surface area contributed by atoms with E-state index in [4.69, 9.17) is 11.6 Å². The van der Waals surface area contributed by atoms with Crippen LogP contribution in [0.2, 0.25) is 5.02 Å². The molecule has 1 unspecified atom stereocenters. The van der Waals surface area contributed by atoms with Gasteiger partial charge in [-0.25, -0.2) is 0 Å². The molecule has 0 aromatic heterocycles. The van der Waals surface area contributed by atoms with Gasteiger partial charge in [-0.1, -0.05) is 36.6 Å². The van der Waals surface area contributed by atoms with Crippen molar-refractivity contribution in [3.63, 3.8) is 0 Å². The molecule has 0 bridgehead atoms. The zero-order valence-electron chi connectivity index (χ0n) is 13.4. The number of rotatable bonds is 5. The molecule has 1 aromatic carbocycles. The third-order valence-corrected chi connectivity index (χ3v) is 5.39. The normalized spacial score (nSPS) is 22.6. The molecule has 3 rings (SSSR count). The van der Waals surface area contributed by atoms with Gasteiger partial charge in [-0.2, -0.15) is 0 Å². The van der Waals surface area contributed by atoms with E-state index < -0.39 is 0 Å². The molecule has 1 aromatic rings. The van der Waals surface area contributed by atoms with Crippen LogP contribution in [0.25, 0.3) is 0 Å². The van der Waals surface area contributed by atoms with Gasteiger partial charge in [0.1, 0.15) is 0 Å². The lowest BCUT2D eigenvalue weighted by atomic mass is 9.87. The fraction of sp³-hybridized carbons (Fsp3) is 0.611. The van der Waals surface area contributed by atoms with E-state index in [0.29, 0.717) is 12.3 Å². The highest BCUT2D eigenvalue weighted by molar-refractivity contribution is 6.30. The monoisotopic (exact) mass is 356 g/mol. The second kappa shape index (κ2) is 8.36. The molecule has 1 saturated heterocycles. The maximum atomic E-state index is 12.5. The van der Waals surface area contributed by atoms with E-state index in [1.54, 1.807) is 0 Å². The van der Waals surface area contributed by atoms with E-state index in [1.807, 2.05) is 18.2 Å². The minimum Gasteiger partial charge on any atom is -0.347 e. The van der Waals surface area contributed by atoms with Crippen LogP contribution in [-0.4, -0.2) is 19.0 Å². The summed E-state index contributed by atoms with van der Waals surface area (Å²) in [5, 5.41) is 7.45. The van der Waals surface area contributed by atoms with Crippen molar-refractivity contribution in [2.24, 2.45) is 5.92 Å². The van der Waals surface area contributed by atoms with Gasteiger partial charge < -0.3 is 10.6 Å². The summed E-state index contributed by atoms with van der Waals surface area (Å²) in [4.78, 5) is 12.5. The molecule has 1 heterocycles. The number of carbonyl (C=O) groups excluding carboxylic acids is 1. The predicted octanol–water partition coefficient (Wildman–Crippen LogP) is 4.04. The summed E-state index contributed by atoms with van der Waals surface area (Å²) in [6.07, 6.45) is 7.19. The van der Waals surface area contributed by atoms with Gasteiger partial charge in [0.25, 0.3) is 0 Å². The summed E-state index contributed by atoms with van der Waals surface area (Å²) in [6.45, 7) is 2.16. The van der Waals surface area contributed by atoms with E-state index in [-0.39, 0.29) is 23.9 Å². The molecule has 0 spiro atoms. The van der Waals surface area contributed by atoms with Crippen LogP contribution in [0.15, 0.2) is 24.3 Å². The Kier molecular flexibility index (Phi) is 6.75. The molecule has 0 radical (unpaired) electrons. The zero-order valence-corrected chi connectivity index (χ0v) is 15.0. The van der Waals surface area contributed by atoms with E-state index in [2.05, 4.69) is 16.7 Å². The summed E-state index contributed by atoms with van der Waals surface area (Å²) in [6, 6.07) is 7.98. The van der Waals surface area contributed by atoms with Gasteiger partial charge >= 0.3 is 0 Å². The number of amides is 1. The number of carbonyl (C=O) groups is 1. The first-order valence-corrected chi connectivity index (χ1v) is 8.83. The summed E-state index contributed by atoms with van der Waals surface area (Å²) in [5.41, 5.74) is 0.962. The standard InChI is InChI=1S/C18H25ClN2O.ClH/c19-16-5-3-4-15(12-16)18(9-1-2-10-18)21-17(22)7-6-14-8-11-20-13-14;/h3-5,12,14,20H,1-2,6-11,13H2,(H,21,22);1H. The van der Waals surface area contributed by atoms with Crippen molar-refractivity contribution >= 4 is 29.9 Å². The Morgan fingerprint density at radius 1 is 1.35 bits per heavy atom. The topological polar surface area (TPSA) is 41.1 Å². The minimum atomic E-state index is -0.199. The van der Waals surface area contributed by atoms with E-state index in [0.717, 1.165) is 42.9 Å². The highest BCUT2D eigenvalue weighted by Crippen LogP contribution is 2.39. The largest absolute Gasteiger partial charge is 0.347 e. The molecule has 1 amide bonds. The molecule has 1 atom stereocenters. The maximum Gasteiger partial charge on any atom is 0.220 e. The van der Waals surface area contributed by atoms with Crippen LogP contribution in [0.1, 0.15) is 50.5 Å². The SMILES string of the molecule is Cl.O=C(CCC1CCNC1)NC1(c2cccc(Cl)c2)CCCC1. The zero-order chi connectivity index (χ0) is 15.4. The Bertz CT molecular complexity index is 524. The molecule has 2 N–H and O–H groups in total. The van der Waals surface area contributed by atoms with E-state index >= 15 is 0 Å². The van der Waals surface area contributed by atoms with Gasteiger partial charge in [-0.3, -0.25) is 4.79 Å². The average molecular weight is 357 g/mol. The van der Waals surface area contributed by atoms with Crippen LogP contribution in [0, 0.1) is 5.92 Å². The molecule has 1 saturated carbocycles. The maximum absolute atomic E-state index is 12.5. The second-order valence-electron chi connectivity index (χ2n) is 6.75. The molecule has 23 heavy (non-hydrogen) atoms. The van der Waals surface area contributed by atoms with E-state index in [1.165, 1.54) is 19.3 Å². The third-order valence-electron chi connectivity index (χ3n) is 5.16. The summed E-state index contributed by atoms with van der Waals surface area (Å²) < 4.78 is 0. The van der Waals surface area contributed by atoms with Gasteiger partial charge in [0, 0.05) is 11.4 Å². The van der Waals surface area contributed by atoms with Crippen LogP contribution in [0.5, 0.6) is 0 Å². The Labute approximate surface area is 150 Å². The highest BCUT2D eigenvalue weighted by atomic mass is 35.5. The first-order valence-electron chi connectivity index (χ1n) is 8.46. The lowest BCUT2D eigenvalue weighted by molar-refractivity contribution is -0.123. The number of hydrogen-bond donors (Lipinski definition) is 2. The summed E-state index contributed by atoms with van der Waals surface area (Å²) >= 11 is 6.15. The molecule has 1 aliphatic heterocycles. The fourth-order valence-corrected chi connectivity index (χ4v) is 4.07. The minimum absolute atomic E-state index is 0. The van der Waals surface area contributed by atoms with Gasteiger partial charge in [0.05, 0.1) is 5.54 Å². The van der Waals surface area contributed by atoms with Crippen molar-refractivity contribution < 1.29 is 4.79 Å². The van der Waals surface area contributed by atoms with Crippen molar-refractivity contribution in [2.45, 2.75) is 50.5 Å². The van der Waals surface area contributed by atoms with E-state index in [9.17, 15) is 4.79 Å². The van der Waals surface area contributed by atoms with Crippen molar-refractivity contribution in [1.82, 2.24) is 10.6 Å². The van der Waals surface area contributed by atoms with Gasteiger partial charge in [-0.05, 0) is 62.4 Å². The quantitative estimate of drug-likeness (QED) is 0.835. The molecule has 5 heteroatoms. The molecular weight excluding hydrogens is 331 g/mol. The Morgan fingerprint density at radius 2 is 2.13 bits per heavy atom. The Balaban J connectivity index is 0.00000192. The van der Waals surface area contributed by atoms with Gasteiger partial charge in [0.15, 0.2) is 0 Å². The fourth-order valence-electron chi connectivity index (χ4n) is 3.88. The Morgan fingerprint density at radius 3 is 2.78 bits per heavy atom. The molecule has 1 aliphatic carbocycles. The van der Waals surface area contributed by atoms with Crippen LogP contribution in [0.3, 0.4) is 0 Å². The van der Waals surface area contributed by atoms with Crippen molar-refractivity contribution in [2.75, 3.05) is 13.1 Å². The van der Waals surface area contributed by atoms with Crippen molar-refractivity contribution in [3.8, 4) is 0 Å². The molecule has 3 nitrogen and oxygen atoms in total. The van der Waals surface area contributed by atoms with Crippen molar-refractivity contribution in [1.29, 1.82) is 0 Å². The van der Waals surface area contributed by atoms with Gasteiger partial charge in [-0.15, -0.1) is 12.4 Å². The van der Waals surface area contributed by atoms with Crippen LogP contribution in [-0.2, 0) is 10.3 Å². The lowest BCUT2D eigenvalue weighted by Crippen LogP contribution is -2.43. The highest BCUT2D eigenvalue weighted by Gasteiger charge is 2.37. The average Bonchev–Trinajstić information content (AvgIpc) is 3.17. The predicted molar refractivity (Wildman–Crippen MR) is 97.2 cm³/mol. The van der Waals surface area contributed by atoms with Gasteiger partial charge in [0.2, 0.25) is 5.91 Å². The molecule has 2 fully saturated rings. The second-order valence-corrected chi connectivity index (χ2v) is 7.18. The number of benzene rings is 1. The Hall–Kier alpha value is -0.770. The molecule has 2 aliphatic rings. The summed E-state index contributed by atoms with van der Waals surface area (Å²) in [5.74, 6) is 0.852. The first-order chi connectivity index (χ1) is 10.7.